The van der Waals surface area contributed by atoms with Gasteiger partial charge in [-0.2, -0.15) is 0 Å². The minimum Gasteiger partial charge on any atom is -0.481 e. The second kappa shape index (κ2) is 4.23. The van der Waals surface area contributed by atoms with Crippen molar-refractivity contribution >= 4 is 5.97 Å². The van der Waals surface area contributed by atoms with Gasteiger partial charge in [-0.05, 0) is 25.8 Å². The van der Waals surface area contributed by atoms with E-state index in [2.05, 4.69) is 42.0 Å². The van der Waals surface area contributed by atoms with Gasteiger partial charge >= 0.3 is 5.97 Å². The van der Waals surface area contributed by atoms with Crippen LogP contribution in [0.4, 0.5) is 0 Å². The zero-order chi connectivity index (χ0) is 13.6. The van der Waals surface area contributed by atoms with Crippen molar-refractivity contribution in [2.45, 2.75) is 26.2 Å². The number of carboxylic acid groups (broad SMARTS) is 1. The molecule has 1 aliphatic carbocycles. The summed E-state index contributed by atoms with van der Waals surface area (Å²) >= 11 is 0. The van der Waals surface area contributed by atoms with E-state index in [9.17, 15) is 4.79 Å². The lowest BCUT2D eigenvalue weighted by Gasteiger charge is -2.04. The van der Waals surface area contributed by atoms with Crippen LogP contribution in [0.5, 0.6) is 0 Å². The van der Waals surface area contributed by atoms with Crippen molar-refractivity contribution in [1.29, 1.82) is 0 Å². The van der Waals surface area contributed by atoms with E-state index in [0.29, 0.717) is 6.42 Å². The van der Waals surface area contributed by atoms with Gasteiger partial charge in [0.1, 0.15) is 5.82 Å². The maximum Gasteiger partial charge on any atom is 0.307 e. The van der Waals surface area contributed by atoms with Crippen LogP contribution in [0, 0.1) is 19.8 Å². The highest BCUT2D eigenvalue weighted by Gasteiger charge is 2.46. The first kappa shape index (κ1) is 12.0. The Morgan fingerprint density at radius 1 is 1.42 bits per heavy atom. The summed E-state index contributed by atoms with van der Waals surface area (Å²) in [6.07, 6.45) is 2.49. The lowest BCUT2D eigenvalue weighted by molar-refractivity contribution is -0.138. The van der Waals surface area contributed by atoms with Gasteiger partial charge in [-0.15, -0.1) is 0 Å². The number of aryl methyl sites for hydroxylation is 2. The number of rotatable bonds is 3. The molecule has 4 nitrogen and oxygen atoms in total. The fourth-order valence-corrected chi connectivity index (χ4v) is 2.55. The van der Waals surface area contributed by atoms with Crippen LogP contribution < -0.4 is 0 Å². The molecule has 0 saturated heterocycles. The molecular weight excluding hydrogens is 240 g/mol. The number of nitrogens with zero attached hydrogens (tertiary/aromatic N) is 1. The number of benzene rings is 1. The summed E-state index contributed by atoms with van der Waals surface area (Å²) < 4.78 is 0. The fraction of sp³-hybridized carbons (Fsp3) is 0.333. The second-order valence-corrected chi connectivity index (χ2v) is 5.29. The van der Waals surface area contributed by atoms with Crippen molar-refractivity contribution in [2.24, 2.45) is 5.92 Å². The Balaban J connectivity index is 1.88. The molecule has 1 fully saturated rings. The van der Waals surface area contributed by atoms with Crippen molar-refractivity contribution < 1.29 is 9.90 Å². The van der Waals surface area contributed by atoms with Crippen LogP contribution in [0.25, 0.3) is 11.3 Å². The summed E-state index contributed by atoms with van der Waals surface area (Å²) in [6.45, 7) is 4.14. The number of hydrogen-bond acceptors (Lipinski definition) is 2. The van der Waals surface area contributed by atoms with E-state index in [1.165, 1.54) is 11.1 Å². The molecule has 98 valence electrons. The lowest BCUT2D eigenvalue weighted by atomic mass is 10.0. The van der Waals surface area contributed by atoms with Crippen LogP contribution in [0.2, 0.25) is 0 Å². The summed E-state index contributed by atoms with van der Waals surface area (Å²) in [6, 6.07) is 6.27. The van der Waals surface area contributed by atoms with E-state index < -0.39 is 5.97 Å². The van der Waals surface area contributed by atoms with Gasteiger partial charge in [0.05, 0.1) is 17.8 Å². The smallest absolute Gasteiger partial charge is 0.307 e. The Hall–Kier alpha value is -2.10. The molecule has 2 atom stereocenters. The summed E-state index contributed by atoms with van der Waals surface area (Å²) in [5.41, 5.74) is 4.51. The third-order valence-corrected chi connectivity index (χ3v) is 3.73. The topological polar surface area (TPSA) is 66.0 Å². The van der Waals surface area contributed by atoms with E-state index in [0.717, 1.165) is 17.1 Å². The van der Waals surface area contributed by atoms with Crippen molar-refractivity contribution in [3.63, 3.8) is 0 Å². The van der Waals surface area contributed by atoms with Crippen LogP contribution >= 0.6 is 0 Å². The van der Waals surface area contributed by atoms with Crippen LogP contribution in [0.15, 0.2) is 24.4 Å². The molecule has 3 rings (SSSR count). The monoisotopic (exact) mass is 256 g/mol. The molecule has 1 saturated carbocycles. The van der Waals surface area contributed by atoms with Gasteiger partial charge in [-0.1, -0.05) is 23.8 Å². The van der Waals surface area contributed by atoms with Gasteiger partial charge in [0.25, 0.3) is 0 Å². The molecule has 0 radical (unpaired) electrons. The molecular formula is C15H16N2O2. The maximum atomic E-state index is 10.9. The zero-order valence-electron chi connectivity index (χ0n) is 11.0. The van der Waals surface area contributed by atoms with Crippen LogP contribution in [-0.2, 0) is 4.79 Å². The van der Waals surface area contributed by atoms with Gasteiger partial charge in [-0.25, -0.2) is 4.98 Å². The molecule has 0 bridgehead atoms. The Morgan fingerprint density at radius 2 is 2.21 bits per heavy atom. The molecule has 1 heterocycles. The molecule has 0 aliphatic heterocycles. The number of aromatic amines is 1. The summed E-state index contributed by atoms with van der Waals surface area (Å²) in [5, 5.41) is 8.94. The number of H-pyrrole nitrogens is 1. The lowest BCUT2D eigenvalue weighted by Crippen LogP contribution is -1.99. The Labute approximate surface area is 111 Å². The summed E-state index contributed by atoms with van der Waals surface area (Å²) in [7, 11) is 0. The van der Waals surface area contributed by atoms with Crippen LogP contribution in [-0.4, -0.2) is 21.0 Å². The molecule has 4 heteroatoms. The highest BCUT2D eigenvalue weighted by molar-refractivity contribution is 5.75. The molecule has 1 aromatic heterocycles. The van der Waals surface area contributed by atoms with Gasteiger partial charge in [0, 0.05) is 11.5 Å². The van der Waals surface area contributed by atoms with Crippen molar-refractivity contribution in [1.82, 2.24) is 9.97 Å². The number of carbonyl (C=O) groups is 1. The Morgan fingerprint density at radius 3 is 2.84 bits per heavy atom. The largest absolute Gasteiger partial charge is 0.481 e. The number of carboxylic acids is 1. The molecule has 2 unspecified atom stereocenters. The highest BCUT2D eigenvalue weighted by Crippen LogP contribution is 2.46. The minimum absolute atomic E-state index is 0.0528. The molecule has 0 amide bonds. The average molecular weight is 256 g/mol. The van der Waals surface area contributed by atoms with E-state index in [1.807, 2.05) is 0 Å². The van der Waals surface area contributed by atoms with E-state index in [4.69, 9.17) is 5.11 Å². The highest BCUT2D eigenvalue weighted by atomic mass is 16.4. The van der Waals surface area contributed by atoms with Crippen molar-refractivity contribution in [3.05, 3.63) is 41.3 Å². The molecule has 2 aromatic rings. The van der Waals surface area contributed by atoms with Crippen molar-refractivity contribution in [2.75, 3.05) is 0 Å². The van der Waals surface area contributed by atoms with E-state index >= 15 is 0 Å². The van der Waals surface area contributed by atoms with Gasteiger partial charge < -0.3 is 10.1 Å². The molecule has 2 N–H and O–H groups in total. The summed E-state index contributed by atoms with van der Waals surface area (Å²) in [4.78, 5) is 18.5. The number of nitrogens with one attached hydrogen (secondary N) is 1. The average Bonchev–Trinajstić information content (AvgIpc) is 3.01. The van der Waals surface area contributed by atoms with E-state index in [-0.39, 0.29) is 11.8 Å². The molecule has 0 spiro atoms. The van der Waals surface area contributed by atoms with Gasteiger partial charge in [0.2, 0.25) is 0 Å². The predicted molar refractivity (Wildman–Crippen MR) is 72.0 cm³/mol. The van der Waals surface area contributed by atoms with Crippen LogP contribution in [0.3, 0.4) is 0 Å². The quantitative estimate of drug-likeness (QED) is 0.887. The van der Waals surface area contributed by atoms with Gasteiger partial charge in [0.15, 0.2) is 0 Å². The first-order valence-electron chi connectivity index (χ1n) is 6.41. The van der Waals surface area contributed by atoms with Gasteiger partial charge in [-0.3, -0.25) is 4.79 Å². The Bertz CT molecular complexity index is 645. The SMILES string of the molecule is Cc1ccc(-c2cnc(C3CC3C(=O)O)[nH]2)c(C)c1. The molecule has 19 heavy (non-hydrogen) atoms. The minimum atomic E-state index is -0.727. The summed E-state index contributed by atoms with van der Waals surface area (Å²) in [5.74, 6) is -0.146. The van der Waals surface area contributed by atoms with Crippen molar-refractivity contribution in [3.8, 4) is 11.3 Å². The number of aromatic nitrogens is 2. The first-order chi connectivity index (χ1) is 9.06. The Kier molecular flexibility index (Phi) is 2.66. The zero-order valence-corrected chi connectivity index (χ0v) is 11.0. The number of aliphatic carboxylic acids is 1. The van der Waals surface area contributed by atoms with E-state index in [1.54, 1.807) is 6.20 Å². The molecule has 1 aliphatic rings. The predicted octanol–water partition coefficient (Wildman–Crippen LogP) is 2.88. The number of hydrogen-bond donors (Lipinski definition) is 2. The standard InChI is InChI=1S/C15H16N2O2/c1-8-3-4-10(9(2)5-8)13-7-16-14(17-13)11-6-12(11)15(18)19/h3-5,7,11-12H,6H2,1-2H3,(H,16,17)(H,18,19). The third-order valence-electron chi connectivity index (χ3n) is 3.73. The second-order valence-electron chi connectivity index (χ2n) is 5.29. The first-order valence-corrected chi connectivity index (χ1v) is 6.41. The third kappa shape index (κ3) is 2.14. The maximum absolute atomic E-state index is 10.9. The normalized spacial score (nSPS) is 21.4. The number of imidazole rings is 1. The van der Waals surface area contributed by atoms with Crippen LogP contribution in [0.1, 0.15) is 29.3 Å². The molecule has 1 aromatic carbocycles. The fourth-order valence-electron chi connectivity index (χ4n) is 2.55.